The molecule has 108 valence electrons. The molecule has 21 heavy (non-hydrogen) atoms. The molecule has 0 aliphatic heterocycles. The van der Waals surface area contributed by atoms with Crippen LogP contribution in [0.1, 0.15) is 15.9 Å². The van der Waals surface area contributed by atoms with Gasteiger partial charge >= 0.3 is 5.97 Å². The molecule has 0 heterocycles. The lowest BCUT2D eigenvalue weighted by Gasteiger charge is -2.08. The first kappa shape index (κ1) is 14.7. The van der Waals surface area contributed by atoms with Gasteiger partial charge in [-0.3, -0.25) is 9.59 Å². The molecule has 0 aliphatic rings. The van der Waals surface area contributed by atoms with Gasteiger partial charge in [-0.05, 0) is 35.2 Å². The summed E-state index contributed by atoms with van der Waals surface area (Å²) >= 11 is 0. The van der Waals surface area contributed by atoms with Crippen LogP contribution in [-0.4, -0.2) is 23.0 Å². The summed E-state index contributed by atoms with van der Waals surface area (Å²) in [6.45, 7) is 0. The third-order valence-electron chi connectivity index (χ3n) is 3.23. The van der Waals surface area contributed by atoms with Crippen LogP contribution in [0.25, 0.3) is 11.1 Å². The molecule has 0 aliphatic carbocycles. The number of aliphatic carboxylic acids is 1. The maximum absolute atomic E-state index is 11.0. The molecule has 0 radical (unpaired) electrons. The van der Waals surface area contributed by atoms with Gasteiger partial charge in [0.25, 0.3) is 0 Å². The van der Waals surface area contributed by atoms with Gasteiger partial charge in [-0.2, -0.15) is 0 Å². The highest BCUT2D eigenvalue weighted by Crippen LogP contribution is 2.20. The van der Waals surface area contributed by atoms with Crippen molar-refractivity contribution in [3.63, 3.8) is 0 Å². The lowest BCUT2D eigenvalue weighted by molar-refractivity contribution is -0.138. The van der Waals surface area contributed by atoms with Crippen molar-refractivity contribution < 1.29 is 14.7 Å². The number of primary amides is 1. The van der Waals surface area contributed by atoms with Crippen LogP contribution < -0.4 is 11.5 Å². The average molecular weight is 284 g/mol. The molecule has 2 aromatic rings. The molecule has 1 atom stereocenters. The Morgan fingerprint density at radius 3 is 1.86 bits per heavy atom. The topological polar surface area (TPSA) is 106 Å². The van der Waals surface area contributed by atoms with Crippen molar-refractivity contribution in [3.8, 4) is 11.1 Å². The Labute approximate surface area is 122 Å². The fourth-order valence-corrected chi connectivity index (χ4v) is 2.00. The summed E-state index contributed by atoms with van der Waals surface area (Å²) < 4.78 is 0. The Kier molecular flexibility index (Phi) is 4.35. The van der Waals surface area contributed by atoms with Crippen LogP contribution in [0.15, 0.2) is 48.5 Å². The summed E-state index contributed by atoms with van der Waals surface area (Å²) in [7, 11) is 0. The van der Waals surface area contributed by atoms with E-state index in [2.05, 4.69) is 0 Å². The van der Waals surface area contributed by atoms with Crippen molar-refractivity contribution in [3.05, 3.63) is 59.7 Å². The molecule has 5 N–H and O–H groups in total. The van der Waals surface area contributed by atoms with E-state index in [0.717, 1.165) is 16.7 Å². The predicted molar refractivity (Wildman–Crippen MR) is 79.7 cm³/mol. The number of carbonyl (C=O) groups excluding carboxylic acids is 1. The van der Waals surface area contributed by atoms with E-state index in [1.54, 1.807) is 12.1 Å². The van der Waals surface area contributed by atoms with Crippen LogP contribution in [-0.2, 0) is 11.2 Å². The van der Waals surface area contributed by atoms with Gasteiger partial charge in [0.05, 0.1) is 0 Å². The minimum atomic E-state index is -1.01. The monoisotopic (exact) mass is 284 g/mol. The van der Waals surface area contributed by atoms with Gasteiger partial charge in [-0.15, -0.1) is 0 Å². The molecule has 0 fully saturated rings. The number of amides is 1. The van der Waals surface area contributed by atoms with Gasteiger partial charge in [0.1, 0.15) is 6.04 Å². The van der Waals surface area contributed by atoms with Crippen molar-refractivity contribution in [2.75, 3.05) is 0 Å². The van der Waals surface area contributed by atoms with E-state index in [9.17, 15) is 9.59 Å². The average Bonchev–Trinajstić information content (AvgIpc) is 2.48. The fourth-order valence-electron chi connectivity index (χ4n) is 2.00. The van der Waals surface area contributed by atoms with Crippen molar-refractivity contribution in [1.82, 2.24) is 0 Å². The number of benzene rings is 2. The van der Waals surface area contributed by atoms with Crippen molar-refractivity contribution in [2.24, 2.45) is 11.5 Å². The smallest absolute Gasteiger partial charge is 0.320 e. The highest BCUT2D eigenvalue weighted by atomic mass is 16.4. The molecule has 0 spiro atoms. The number of hydrogen-bond acceptors (Lipinski definition) is 3. The standard InChI is InChI=1S/C16H16N2O3/c17-14(16(20)21)9-10-1-3-11(4-2-10)12-5-7-13(8-6-12)15(18)19/h1-8,14H,9,17H2,(H2,18,19)(H,20,21)/t14-/m0/s1. The largest absolute Gasteiger partial charge is 0.480 e. The van der Waals surface area contributed by atoms with Crippen LogP contribution in [0, 0.1) is 0 Å². The van der Waals surface area contributed by atoms with Crippen LogP contribution in [0.3, 0.4) is 0 Å². The number of carbonyl (C=O) groups is 2. The van der Waals surface area contributed by atoms with E-state index in [-0.39, 0.29) is 6.42 Å². The van der Waals surface area contributed by atoms with E-state index < -0.39 is 17.9 Å². The van der Waals surface area contributed by atoms with E-state index in [0.29, 0.717) is 5.56 Å². The maximum Gasteiger partial charge on any atom is 0.320 e. The summed E-state index contributed by atoms with van der Waals surface area (Å²) in [5.41, 5.74) is 13.9. The Hall–Kier alpha value is -2.66. The summed E-state index contributed by atoms with van der Waals surface area (Å²) in [6, 6.07) is 13.6. The molecular weight excluding hydrogens is 268 g/mol. The quantitative estimate of drug-likeness (QED) is 0.771. The number of carboxylic acids is 1. The first-order valence-corrected chi connectivity index (χ1v) is 6.45. The molecule has 5 nitrogen and oxygen atoms in total. The number of carboxylic acid groups (broad SMARTS) is 1. The van der Waals surface area contributed by atoms with Gasteiger partial charge in [-0.1, -0.05) is 36.4 Å². The van der Waals surface area contributed by atoms with Gasteiger partial charge < -0.3 is 16.6 Å². The predicted octanol–water partition coefficient (Wildman–Crippen LogP) is 1.41. The third-order valence-corrected chi connectivity index (χ3v) is 3.23. The first-order chi connectivity index (χ1) is 9.97. The molecule has 0 saturated carbocycles. The Morgan fingerprint density at radius 2 is 1.43 bits per heavy atom. The summed E-state index contributed by atoms with van der Waals surface area (Å²) in [5, 5.41) is 8.78. The number of hydrogen-bond donors (Lipinski definition) is 3. The number of nitrogens with two attached hydrogens (primary N) is 2. The zero-order valence-corrected chi connectivity index (χ0v) is 11.3. The minimum absolute atomic E-state index is 0.288. The van der Waals surface area contributed by atoms with Crippen LogP contribution in [0.2, 0.25) is 0 Å². The second-order valence-corrected chi connectivity index (χ2v) is 4.79. The summed E-state index contributed by atoms with van der Waals surface area (Å²) in [5.74, 6) is -1.47. The van der Waals surface area contributed by atoms with Crippen LogP contribution >= 0.6 is 0 Å². The van der Waals surface area contributed by atoms with E-state index in [4.69, 9.17) is 16.6 Å². The molecule has 1 amide bonds. The zero-order chi connectivity index (χ0) is 15.4. The van der Waals surface area contributed by atoms with Crippen LogP contribution in [0.4, 0.5) is 0 Å². The first-order valence-electron chi connectivity index (χ1n) is 6.45. The maximum atomic E-state index is 11.0. The Bertz CT molecular complexity index is 648. The highest BCUT2D eigenvalue weighted by Gasteiger charge is 2.11. The van der Waals surface area contributed by atoms with E-state index in [1.807, 2.05) is 36.4 Å². The van der Waals surface area contributed by atoms with Gasteiger partial charge in [0.2, 0.25) is 5.91 Å². The second-order valence-electron chi connectivity index (χ2n) is 4.79. The van der Waals surface area contributed by atoms with E-state index >= 15 is 0 Å². The van der Waals surface area contributed by atoms with Crippen molar-refractivity contribution in [1.29, 1.82) is 0 Å². The summed E-state index contributed by atoms with van der Waals surface area (Å²) in [6.07, 6.45) is 0.288. The lowest BCUT2D eigenvalue weighted by Crippen LogP contribution is -2.32. The minimum Gasteiger partial charge on any atom is -0.480 e. The molecule has 2 rings (SSSR count). The SMILES string of the molecule is NC(=O)c1ccc(-c2ccc(C[C@H](N)C(=O)O)cc2)cc1. The van der Waals surface area contributed by atoms with Crippen molar-refractivity contribution in [2.45, 2.75) is 12.5 Å². The van der Waals surface area contributed by atoms with E-state index in [1.165, 1.54) is 0 Å². The fraction of sp³-hybridized carbons (Fsp3) is 0.125. The van der Waals surface area contributed by atoms with Gasteiger partial charge in [0.15, 0.2) is 0 Å². The molecule has 0 aromatic heterocycles. The Morgan fingerprint density at radius 1 is 0.952 bits per heavy atom. The molecule has 0 unspecified atom stereocenters. The normalized spacial score (nSPS) is 11.9. The lowest BCUT2D eigenvalue weighted by atomic mass is 10.00. The van der Waals surface area contributed by atoms with Crippen molar-refractivity contribution >= 4 is 11.9 Å². The molecule has 0 saturated heterocycles. The molecule has 2 aromatic carbocycles. The molecule has 0 bridgehead atoms. The highest BCUT2D eigenvalue weighted by molar-refractivity contribution is 5.93. The third kappa shape index (κ3) is 3.67. The van der Waals surface area contributed by atoms with Gasteiger partial charge in [-0.25, -0.2) is 0 Å². The van der Waals surface area contributed by atoms with Crippen LogP contribution in [0.5, 0.6) is 0 Å². The Balaban J connectivity index is 2.15. The number of rotatable bonds is 5. The van der Waals surface area contributed by atoms with Gasteiger partial charge in [0, 0.05) is 5.56 Å². The molecule has 5 heteroatoms. The molecular formula is C16H16N2O3. The second kappa shape index (κ2) is 6.19. The summed E-state index contributed by atoms with van der Waals surface area (Å²) in [4.78, 5) is 21.7. The zero-order valence-electron chi connectivity index (χ0n) is 11.3.